The van der Waals surface area contributed by atoms with Crippen LogP contribution in [-0.2, 0) is 14.3 Å². The van der Waals surface area contributed by atoms with Gasteiger partial charge in [0, 0.05) is 12.5 Å². The van der Waals surface area contributed by atoms with Gasteiger partial charge in [0.15, 0.2) is 4.80 Å². The Morgan fingerprint density at radius 3 is 2.56 bits per heavy atom. The summed E-state index contributed by atoms with van der Waals surface area (Å²) in [7, 11) is 0. The number of aromatic nitrogens is 1. The number of ether oxygens (including phenoxy) is 2. The van der Waals surface area contributed by atoms with Gasteiger partial charge in [-0.05, 0) is 24.6 Å². The van der Waals surface area contributed by atoms with Crippen molar-refractivity contribution in [2.75, 3.05) is 6.61 Å². The van der Waals surface area contributed by atoms with E-state index in [9.17, 15) is 14.4 Å². The van der Waals surface area contributed by atoms with Gasteiger partial charge in [-0.2, -0.15) is 0 Å². The molecule has 0 saturated heterocycles. The van der Waals surface area contributed by atoms with Gasteiger partial charge < -0.3 is 9.47 Å². The average Bonchev–Trinajstić information content (AvgIpc) is 3.12. The first kappa shape index (κ1) is 23.1. The van der Waals surface area contributed by atoms with Gasteiger partial charge in [0.1, 0.15) is 12.4 Å². The Morgan fingerprint density at radius 1 is 1.15 bits per heavy atom. The van der Waals surface area contributed by atoms with Crippen molar-refractivity contribution >= 4 is 29.4 Å². The Hall–Kier alpha value is -4.04. The molecule has 1 aliphatic heterocycles. The fraction of sp³-hybridized carbons (Fsp3) is 0.154. The van der Waals surface area contributed by atoms with E-state index in [0.29, 0.717) is 31.9 Å². The van der Waals surface area contributed by atoms with E-state index in [-0.39, 0.29) is 12.2 Å². The molecule has 172 valence electrons. The number of nitrogens with zero attached hydrogens (tertiary/aromatic N) is 2. The molecule has 0 saturated carbocycles. The molecule has 0 amide bonds. The lowest BCUT2D eigenvalue weighted by Crippen LogP contribution is -2.39. The van der Waals surface area contributed by atoms with Crippen molar-refractivity contribution in [2.24, 2.45) is 4.99 Å². The minimum Gasteiger partial charge on any atom is -0.458 e. The maximum Gasteiger partial charge on any atom is 0.338 e. The van der Waals surface area contributed by atoms with Gasteiger partial charge >= 0.3 is 11.9 Å². The fourth-order valence-corrected chi connectivity index (χ4v) is 4.77. The number of rotatable bonds is 6. The summed E-state index contributed by atoms with van der Waals surface area (Å²) < 4.78 is 12.5. The molecule has 2 aromatic carbocycles. The second-order valence-electron chi connectivity index (χ2n) is 7.51. The summed E-state index contributed by atoms with van der Waals surface area (Å²) in [6, 6.07) is 15.5. The standard InChI is InChI=1S/C26H22N2O5S/c1-4-14-32-25(31)22-16(2)27-26-28(23(22)18-10-6-5-7-11-18)24(30)21(34-26)15-19-12-8-9-13-20(19)33-17(3)29/h4-13,15,23H,1,14H2,2-3H3/b21-15-/t23-/m0/s1. The third kappa shape index (κ3) is 4.53. The Kier molecular flexibility index (Phi) is 6.70. The lowest BCUT2D eigenvalue weighted by molar-refractivity contribution is -0.138. The normalized spacial score (nSPS) is 15.4. The summed E-state index contributed by atoms with van der Waals surface area (Å²) in [6.07, 6.45) is 3.15. The molecule has 2 heterocycles. The molecule has 0 aliphatic carbocycles. The van der Waals surface area contributed by atoms with E-state index >= 15 is 0 Å². The summed E-state index contributed by atoms with van der Waals surface area (Å²) in [5.41, 5.74) is 1.82. The zero-order chi connectivity index (χ0) is 24.2. The second kappa shape index (κ2) is 9.84. The first-order valence-electron chi connectivity index (χ1n) is 10.5. The highest BCUT2D eigenvalue weighted by atomic mass is 32.1. The van der Waals surface area contributed by atoms with E-state index in [2.05, 4.69) is 11.6 Å². The van der Waals surface area contributed by atoms with Crippen molar-refractivity contribution in [2.45, 2.75) is 19.9 Å². The molecule has 0 fully saturated rings. The molecule has 3 aromatic rings. The van der Waals surface area contributed by atoms with Crippen LogP contribution in [0.3, 0.4) is 0 Å². The van der Waals surface area contributed by atoms with Gasteiger partial charge in [-0.3, -0.25) is 14.2 Å². The molecule has 7 nitrogen and oxygen atoms in total. The minimum absolute atomic E-state index is 0.0501. The quantitative estimate of drug-likeness (QED) is 0.312. The first-order valence-corrected chi connectivity index (χ1v) is 11.4. The van der Waals surface area contributed by atoms with Crippen LogP contribution in [0.1, 0.15) is 31.0 Å². The van der Waals surface area contributed by atoms with E-state index in [1.807, 2.05) is 30.3 Å². The van der Waals surface area contributed by atoms with E-state index in [1.165, 1.54) is 28.9 Å². The number of benzene rings is 2. The van der Waals surface area contributed by atoms with E-state index < -0.39 is 18.0 Å². The van der Waals surface area contributed by atoms with E-state index in [1.54, 1.807) is 37.3 Å². The van der Waals surface area contributed by atoms with Crippen LogP contribution in [-0.4, -0.2) is 23.1 Å². The number of allylic oxidation sites excluding steroid dienone is 1. The SMILES string of the molecule is C=CCOC(=O)C1=C(C)N=c2s/c(=C\c3ccccc3OC(C)=O)c(=O)n2[C@H]1c1ccccc1. The predicted molar refractivity (Wildman–Crippen MR) is 129 cm³/mol. The molecular formula is C26H22N2O5S. The Morgan fingerprint density at radius 2 is 1.85 bits per heavy atom. The van der Waals surface area contributed by atoms with Crippen molar-refractivity contribution in [3.05, 3.63) is 109 Å². The smallest absolute Gasteiger partial charge is 0.338 e. The highest BCUT2D eigenvalue weighted by Gasteiger charge is 2.33. The van der Waals surface area contributed by atoms with Gasteiger partial charge in [-0.15, -0.1) is 0 Å². The van der Waals surface area contributed by atoms with Crippen LogP contribution in [0, 0.1) is 0 Å². The van der Waals surface area contributed by atoms with E-state index in [0.717, 1.165) is 5.56 Å². The zero-order valence-corrected chi connectivity index (χ0v) is 19.5. The molecule has 1 aliphatic rings. The Bertz CT molecular complexity index is 1480. The third-order valence-electron chi connectivity index (χ3n) is 5.15. The molecule has 1 atom stereocenters. The molecule has 0 N–H and O–H groups in total. The van der Waals surface area contributed by atoms with Crippen molar-refractivity contribution in [3.63, 3.8) is 0 Å². The van der Waals surface area contributed by atoms with Crippen LogP contribution >= 0.6 is 11.3 Å². The Balaban J connectivity index is 1.92. The van der Waals surface area contributed by atoms with Crippen molar-refractivity contribution in [1.29, 1.82) is 0 Å². The molecule has 0 radical (unpaired) electrons. The number of para-hydroxylation sites is 1. The van der Waals surface area contributed by atoms with Crippen LogP contribution in [0.5, 0.6) is 5.75 Å². The number of esters is 2. The highest BCUT2D eigenvalue weighted by Crippen LogP contribution is 2.30. The number of hydrogen-bond donors (Lipinski definition) is 0. The molecular weight excluding hydrogens is 452 g/mol. The van der Waals surface area contributed by atoms with Crippen LogP contribution in [0.15, 0.2) is 88.3 Å². The number of fused-ring (bicyclic) bond motifs is 1. The van der Waals surface area contributed by atoms with Crippen LogP contribution in [0.25, 0.3) is 6.08 Å². The van der Waals surface area contributed by atoms with Crippen LogP contribution in [0.2, 0.25) is 0 Å². The predicted octanol–water partition coefficient (Wildman–Crippen LogP) is 2.89. The largest absolute Gasteiger partial charge is 0.458 e. The Labute approximate surface area is 199 Å². The summed E-state index contributed by atoms with van der Waals surface area (Å²) in [5, 5.41) is 0. The lowest BCUT2D eigenvalue weighted by Gasteiger charge is -2.24. The summed E-state index contributed by atoms with van der Waals surface area (Å²) in [6.45, 7) is 6.69. The van der Waals surface area contributed by atoms with Crippen LogP contribution in [0.4, 0.5) is 0 Å². The third-order valence-corrected chi connectivity index (χ3v) is 6.13. The maximum absolute atomic E-state index is 13.6. The summed E-state index contributed by atoms with van der Waals surface area (Å²) >= 11 is 1.20. The molecule has 0 bridgehead atoms. The molecule has 34 heavy (non-hydrogen) atoms. The van der Waals surface area contributed by atoms with E-state index in [4.69, 9.17) is 9.47 Å². The number of carbonyl (C=O) groups excluding carboxylic acids is 2. The molecule has 0 unspecified atom stereocenters. The monoisotopic (exact) mass is 474 g/mol. The minimum atomic E-state index is -0.694. The highest BCUT2D eigenvalue weighted by molar-refractivity contribution is 7.07. The second-order valence-corrected chi connectivity index (χ2v) is 8.52. The number of hydrogen-bond acceptors (Lipinski definition) is 7. The van der Waals surface area contributed by atoms with Crippen LogP contribution < -0.4 is 19.6 Å². The number of carbonyl (C=O) groups is 2. The summed E-state index contributed by atoms with van der Waals surface area (Å²) in [5.74, 6) is -0.653. The van der Waals surface area contributed by atoms with Crippen molar-refractivity contribution < 1.29 is 19.1 Å². The van der Waals surface area contributed by atoms with Gasteiger partial charge in [-0.25, -0.2) is 9.79 Å². The first-order chi connectivity index (χ1) is 16.4. The fourth-order valence-electron chi connectivity index (χ4n) is 3.73. The topological polar surface area (TPSA) is 87.0 Å². The van der Waals surface area contributed by atoms with Gasteiger partial charge in [0.2, 0.25) is 0 Å². The maximum atomic E-state index is 13.6. The lowest BCUT2D eigenvalue weighted by atomic mass is 9.96. The van der Waals surface area contributed by atoms with Crippen molar-refractivity contribution in [1.82, 2.24) is 4.57 Å². The van der Waals surface area contributed by atoms with Crippen molar-refractivity contribution in [3.8, 4) is 5.75 Å². The van der Waals surface area contributed by atoms with Gasteiger partial charge in [0.05, 0.1) is 21.8 Å². The molecule has 8 heteroatoms. The molecule has 1 aromatic heterocycles. The van der Waals surface area contributed by atoms with Gasteiger partial charge in [-0.1, -0.05) is 72.5 Å². The zero-order valence-electron chi connectivity index (χ0n) is 18.7. The molecule has 4 rings (SSSR count). The average molecular weight is 475 g/mol. The number of thiazole rings is 1. The summed E-state index contributed by atoms with van der Waals surface area (Å²) in [4.78, 5) is 43.1. The van der Waals surface area contributed by atoms with Gasteiger partial charge in [0.25, 0.3) is 5.56 Å². The molecule has 0 spiro atoms.